The van der Waals surface area contributed by atoms with Gasteiger partial charge in [0.05, 0.1) is 18.7 Å². The van der Waals surface area contributed by atoms with Gasteiger partial charge in [-0.15, -0.1) is 0 Å². The Morgan fingerprint density at radius 3 is 3.04 bits per heavy atom. The third-order valence-electron chi connectivity index (χ3n) is 6.53. The molecule has 26 heavy (non-hydrogen) atoms. The normalized spacial score (nSPS) is 29.0. The highest BCUT2D eigenvalue weighted by Gasteiger charge is 2.47. The number of para-hydroxylation sites is 1. The molecular formula is C22H26N2O2. The lowest BCUT2D eigenvalue weighted by atomic mass is 9.72. The van der Waals surface area contributed by atoms with E-state index in [1.165, 1.54) is 16.8 Å². The van der Waals surface area contributed by atoms with Gasteiger partial charge >= 0.3 is 6.09 Å². The second-order valence-electron chi connectivity index (χ2n) is 7.78. The standard InChI is InChI=1S/C22H26N2O2/c1-2-26-22(25)24-13-12-23-18-9-4-3-6-16(18)14-17-8-5-7-15-10-11-19(24)21(23)20(15)17/h3-7,9,17,19,21H,2,8,10-14H2,1H3/t17?,19-,21+/m0/s1. The summed E-state index contributed by atoms with van der Waals surface area (Å²) in [6.07, 6.45) is 8.89. The fourth-order valence-corrected chi connectivity index (χ4v) is 5.54. The molecule has 3 atom stereocenters. The Morgan fingerprint density at radius 2 is 2.15 bits per heavy atom. The number of rotatable bonds is 1. The van der Waals surface area contributed by atoms with Crippen molar-refractivity contribution in [1.29, 1.82) is 0 Å². The average Bonchev–Trinajstić information content (AvgIpc) is 2.81. The summed E-state index contributed by atoms with van der Waals surface area (Å²) in [7, 11) is 0. The molecule has 4 nitrogen and oxygen atoms in total. The molecule has 0 aromatic heterocycles. The number of piperazine rings is 1. The minimum atomic E-state index is -0.137. The van der Waals surface area contributed by atoms with Gasteiger partial charge in [0, 0.05) is 18.8 Å². The maximum absolute atomic E-state index is 12.6. The first-order chi connectivity index (χ1) is 12.8. The fraction of sp³-hybridized carbons (Fsp3) is 0.500. The minimum absolute atomic E-state index is 0.137. The first kappa shape index (κ1) is 16.0. The van der Waals surface area contributed by atoms with E-state index in [1.54, 1.807) is 5.57 Å². The molecule has 1 aromatic carbocycles. The molecule has 0 bridgehead atoms. The zero-order valence-corrected chi connectivity index (χ0v) is 15.4. The predicted molar refractivity (Wildman–Crippen MR) is 102 cm³/mol. The van der Waals surface area contributed by atoms with E-state index in [4.69, 9.17) is 4.74 Å². The fourth-order valence-electron chi connectivity index (χ4n) is 5.54. The van der Waals surface area contributed by atoms with Crippen LogP contribution in [0.25, 0.3) is 0 Å². The number of nitrogens with zero attached hydrogens (tertiary/aromatic N) is 2. The average molecular weight is 350 g/mol. The smallest absolute Gasteiger partial charge is 0.410 e. The van der Waals surface area contributed by atoms with Gasteiger partial charge in [0.2, 0.25) is 0 Å². The van der Waals surface area contributed by atoms with Crippen LogP contribution in [0.4, 0.5) is 10.5 Å². The highest BCUT2D eigenvalue weighted by Crippen LogP contribution is 2.47. The molecule has 0 N–H and O–H groups in total. The van der Waals surface area contributed by atoms with Gasteiger partial charge in [-0.1, -0.05) is 30.4 Å². The zero-order valence-electron chi connectivity index (χ0n) is 15.4. The van der Waals surface area contributed by atoms with Crippen molar-refractivity contribution < 1.29 is 9.53 Å². The number of fused-ring (bicyclic) bond motifs is 2. The molecule has 2 aliphatic heterocycles. The Bertz CT molecular complexity index is 797. The van der Waals surface area contributed by atoms with Crippen molar-refractivity contribution in [3.05, 3.63) is 53.1 Å². The van der Waals surface area contributed by atoms with E-state index in [0.717, 1.165) is 38.8 Å². The number of anilines is 1. The van der Waals surface area contributed by atoms with Crippen molar-refractivity contribution >= 4 is 11.8 Å². The number of ether oxygens (including phenoxy) is 1. The lowest BCUT2D eigenvalue weighted by Gasteiger charge is -2.52. The van der Waals surface area contributed by atoms with Crippen LogP contribution in [-0.2, 0) is 11.2 Å². The molecule has 4 aliphatic rings. The number of allylic oxidation sites excluding steroid dienone is 3. The highest BCUT2D eigenvalue weighted by atomic mass is 16.6. The van der Waals surface area contributed by atoms with Gasteiger partial charge < -0.3 is 14.5 Å². The summed E-state index contributed by atoms with van der Waals surface area (Å²) in [6, 6.07) is 9.40. The Balaban J connectivity index is 1.63. The summed E-state index contributed by atoms with van der Waals surface area (Å²) in [5.41, 5.74) is 5.94. The molecule has 1 unspecified atom stereocenters. The van der Waals surface area contributed by atoms with Crippen LogP contribution in [0, 0.1) is 5.92 Å². The van der Waals surface area contributed by atoms with Gasteiger partial charge in [0.15, 0.2) is 0 Å². The van der Waals surface area contributed by atoms with Gasteiger partial charge in [-0.25, -0.2) is 4.79 Å². The number of carbonyl (C=O) groups excluding carboxylic acids is 1. The minimum Gasteiger partial charge on any atom is -0.450 e. The molecule has 2 aliphatic carbocycles. The van der Waals surface area contributed by atoms with Gasteiger partial charge in [0.25, 0.3) is 0 Å². The Labute approximate surface area is 155 Å². The molecular weight excluding hydrogens is 324 g/mol. The third-order valence-corrected chi connectivity index (χ3v) is 6.53. The van der Waals surface area contributed by atoms with E-state index in [-0.39, 0.29) is 12.1 Å². The van der Waals surface area contributed by atoms with Crippen molar-refractivity contribution in [1.82, 2.24) is 4.90 Å². The van der Waals surface area contributed by atoms with Crippen molar-refractivity contribution in [3.8, 4) is 0 Å². The molecule has 136 valence electrons. The number of benzene rings is 1. The SMILES string of the molecule is CCOC(=O)N1CCN2c3ccccc3CC3CC=CC4=C3[C@H]2[C@@H]1CC4. The number of carbonyl (C=O) groups is 1. The van der Waals surface area contributed by atoms with E-state index >= 15 is 0 Å². The molecule has 0 spiro atoms. The van der Waals surface area contributed by atoms with E-state index in [1.807, 2.05) is 11.8 Å². The molecule has 1 aromatic rings. The maximum Gasteiger partial charge on any atom is 0.410 e. The zero-order chi connectivity index (χ0) is 17.7. The predicted octanol–water partition coefficient (Wildman–Crippen LogP) is 3.92. The Hall–Kier alpha value is -2.23. The van der Waals surface area contributed by atoms with Gasteiger partial charge in [-0.2, -0.15) is 0 Å². The Morgan fingerprint density at radius 1 is 1.27 bits per heavy atom. The lowest BCUT2D eigenvalue weighted by Crippen LogP contribution is -2.63. The molecule has 0 radical (unpaired) electrons. The summed E-state index contributed by atoms with van der Waals surface area (Å²) in [5.74, 6) is 0.566. The van der Waals surface area contributed by atoms with Crippen molar-refractivity contribution in [2.45, 2.75) is 44.7 Å². The van der Waals surface area contributed by atoms with E-state index < -0.39 is 0 Å². The first-order valence-corrected chi connectivity index (χ1v) is 9.95. The number of hydrogen-bond donors (Lipinski definition) is 0. The second kappa shape index (κ2) is 6.19. The van der Waals surface area contributed by atoms with E-state index in [9.17, 15) is 4.79 Å². The van der Waals surface area contributed by atoms with Crippen molar-refractivity contribution in [2.24, 2.45) is 5.92 Å². The molecule has 1 fully saturated rings. The van der Waals surface area contributed by atoms with Crippen LogP contribution in [0.1, 0.15) is 31.7 Å². The summed E-state index contributed by atoms with van der Waals surface area (Å²) in [5, 5.41) is 0. The quantitative estimate of drug-likeness (QED) is 0.769. The summed E-state index contributed by atoms with van der Waals surface area (Å²) >= 11 is 0. The van der Waals surface area contributed by atoms with Crippen LogP contribution in [-0.4, -0.2) is 42.8 Å². The summed E-state index contributed by atoms with van der Waals surface area (Å²) < 4.78 is 5.39. The second-order valence-corrected chi connectivity index (χ2v) is 7.78. The molecule has 1 saturated heterocycles. The molecule has 1 amide bonds. The number of hydrogen-bond acceptors (Lipinski definition) is 3. The Kier molecular flexibility index (Phi) is 3.80. The van der Waals surface area contributed by atoms with Crippen molar-refractivity contribution in [3.63, 3.8) is 0 Å². The third kappa shape index (κ3) is 2.31. The van der Waals surface area contributed by atoms with Crippen LogP contribution in [0.5, 0.6) is 0 Å². The monoisotopic (exact) mass is 350 g/mol. The number of amides is 1. The molecule has 0 saturated carbocycles. The van der Waals surface area contributed by atoms with Crippen molar-refractivity contribution in [2.75, 3.05) is 24.6 Å². The molecule has 4 heteroatoms. The van der Waals surface area contributed by atoms with Crippen LogP contribution < -0.4 is 4.90 Å². The molecule has 2 heterocycles. The van der Waals surface area contributed by atoms with E-state index in [2.05, 4.69) is 41.3 Å². The van der Waals surface area contributed by atoms with Crippen LogP contribution in [0.3, 0.4) is 0 Å². The largest absolute Gasteiger partial charge is 0.450 e. The van der Waals surface area contributed by atoms with Gasteiger partial charge in [-0.05, 0) is 61.3 Å². The molecule has 5 rings (SSSR count). The highest BCUT2D eigenvalue weighted by molar-refractivity contribution is 5.70. The van der Waals surface area contributed by atoms with Crippen LogP contribution >= 0.6 is 0 Å². The van der Waals surface area contributed by atoms with Crippen LogP contribution in [0.15, 0.2) is 47.6 Å². The van der Waals surface area contributed by atoms with Crippen LogP contribution in [0.2, 0.25) is 0 Å². The first-order valence-electron chi connectivity index (χ1n) is 9.95. The van der Waals surface area contributed by atoms with E-state index in [0.29, 0.717) is 18.6 Å². The maximum atomic E-state index is 12.6. The van der Waals surface area contributed by atoms with Gasteiger partial charge in [-0.3, -0.25) is 0 Å². The summed E-state index contributed by atoms with van der Waals surface area (Å²) in [4.78, 5) is 17.2. The summed E-state index contributed by atoms with van der Waals surface area (Å²) in [6.45, 7) is 3.96. The lowest BCUT2D eigenvalue weighted by molar-refractivity contribution is 0.0727. The van der Waals surface area contributed by atoms with Gasteiger partial charge in [0.1, 0.15) is 0 Å². The topological polar surface area (TPSA) is 32.8 Å².